The molecule has 0 spiro atoms. The summed E-state index contributed by atoms with van der Waals surface area (Å²) in [5.41, 5.74) is 15.9. The van der Waals surface area contributed by atoms with Crippen LogP contribution in [0.2, 0.25) is 0 Å². The van der Waals surface area contributed by atoms with Crippen molar-refractivity contribution in [2.24, 2.45) is 0 Å². The van der Waals surface area contributed by atoms with Crippen LogP contribution >= 0.6 is 11.8 Å². The summed E-state index contributed by atoms with van der Waals surface area (Å²) >= 11 is 1.87. The number of hydrogen-bond donors (Lipinski definition) is 2. The summed E-state index contributed by atoms with van der Waals surface area (Å²) in [7, 11) is 0. The Balaban J connectivity index is 1.82. The zero-order valence-electron chi connectivity index (χ0n) is 11.2. The van der Waals surface area contributed by atoms with Crippen LogP contribution in [-0.4, -0.2) is 5.75 Å². The van der Waals surface area contributed by atoms with Crippen molar-refractivity contribution in [2.45, 2.75) is 24.7 Å². The van der Waals surface area contributed by atoms with E-state index in [1.165, 1.54) is 16.0 Å². The van der Waals surface area contributed by atoms with E-state index in [4.69, 9.17) is 11.5 Å². The maximum atomic E-state index is 5.81. The Morgan fingerprint density at radius 1 is 1.00 bits per heavy atom. The van der Waals surface area contributed by atoms with Crippen LogP contribution in [0.1, 0.15) is 17.5 Å². The van der Waals surface area contributed by atoms with Gasteiger partial charge in [-0.3, -0.25) is 0 Å². The molecular weight excluding hydrogens is 252 g/mol. The van der Waals surface area contributed by atoms with Crippen LogP contribution < -0.4 is 11.5 Å². The van der Waals surface area contributed by atoms with E-state index >= 15 is 0 Å². The van der Waals surface area contributed by atoms with Gasteiger partial charge in [-0.15, -0.1) is 11.8 Å². The number of nitrogens with two attached hydrogens (primary N) is 2. The molecule has 2 rings (SSSR count). The molecule has 0 saturated heterocycles. The largest absolute Gasteiger partial charge is 0.399 e. The molecule has 0 bridgehead atoms. The van der Waals surface area contributed by atoms with Gasteiger partial charge in [0.15, 0.2) is 0 Å². The van der Waals surface area contributed by atoms with E-state index in [2.05, 4.69) is 31.2 Å². The first-order valence-corrected chi connectivity index (χ1v) is 7.47. The number of benzene rings is 2. The van der Waals surface area contributed by atoms with Gasteiger partial charge >= 0.3 is 0 Å². The smallest absolute Gasteiger partial charge is 0.0325 e. The Morgan fingerprint density at radius 3 is 2.58 bits per heavy atom. The van der Waals surface area contributed by atoms with Crippen molar-refractivity contribution in [3.8, 4) is 0 Å². The van der Waals surface area contributed by atoms with Gasteiger partial charge < -0.3 is 11.5 Å². The van der Waals surface area contributed by atoms with Crippen molar-refractivity contribution in [3.05, 3.63) is 53.6 Å². The lowest BCUT2D eigenvalue weighted by molar-refractivity contribution is 0.933. The highest BCUT2D eigenvalue weighted by Gasteiger charge is 2.00. The summed E-state index contributed by atoms with van der Waals surface area (Å²) in [5.74, 6) is 1.10. The van der Waals surface area contributed by atoms with E-state index < -0.39 is 0 Å². The molecule has 0 unspecified atom stereocenters. The first kappa shape index (κ1) is 13.8. The van der Waals surface area contributed by atoms with E-state index in [1.54, 1.807) is 0 Å². The number of aryl methyl sites for hydroxylation is 2. The molecule has 0 aliphatic rings. The summed E-state index contributed by atoms with van der Waals surface area (Å²) in [6.45, 7) is 2.12. The van der Waals surface area contributed by atoms with Gasteiger partial charge in [0.1, 0.15) is 0 Å². The lowest BCUT2D eigenvalue weighted by Gasteiger charge is -2.07. The molecule has 0 saturated carbocycles. The standard InChI is InChI=1S/C16H20N2S/c1-12-7-8-15(18)11-16(12)19-9-3-5-13-4-2-6-14(17)10-13/h2,4,6-8,10-11H,3,5,9,17-18H2,1H3. The van der Waals surface area contributed by atoms with Gasteiger partial charge in [0.05, 0.1) is 0 Å². The van der Waals surface area contributed by atoms with Crippen LogP contribution in [0, 0.1) is 6.92 Å². The maximum Gasteiger partial charge on any atom is 0.0325 e. The summed E-state index contributed by atoms with van der Waals surface area (Å²) in [6.07, 6.45) is 2.21. The van der Waals surface area contributed by atoms with E-state index in [0.717, 1.165) is 30.0 Å². The molecule has 2 nitrogen and oxygen atoms in total. The molecule has 0 radical (unpaired) electrons. The zero-order valence-corrected chi connectivity index (χ0v) is 12.0. The Labute approximate surface area is 119 Å². The normalized spacial score (nSPS) is 10.6. The second-order valence-corrected chi connectivity index (χ2v) is 5.86. The van der Waals surface area contributed by atoms with E-state index in [-0.39, 0.29) is 0 Å². The van der Waals surface area contributed by atoms with Gasteiger partial charge in [0.25, 0.3) is 0 Å². The van der Waals surface area contributed by atoms with Crippen molar-refractivity contribution in [1.29, 1.82) is 0 Å². The molecule has 0 aromatic heterocycles. The van der Waals surface area contributed by atoms with Crippen LogP contribution in [0.4, 0.5) is 11.4 Å². The molecule has 0 amide bonds. The van der Waals surface area contributed by atoms with Gasteiger partial charge in [-0.05, 0) is 60.9 Å². The molecular formula is C16H20N2S. The number of rotatable bonds is 5. The predicted molar refractivity (Wildman–Crippen MR) is 85.5 cm³/mol. The molecule has 0 aliphatic carbocycles. The van der Waals surface area contributed by atoms with Gasteiger partial charge in [-0.1, -0.05) is 18.2 Å². The monoisotopic (exact) mass is 272 g/mol. The molecule has 0 heterocycles. The number of nitrogen functional groups attached to an aromatic ring is 2. The van der Waals surface area contributed by atoms with E-state index in [9.17, 15) is 0 Å². The van der Waals surface area contributed by atoms with Gasteiger partial charge in [-0.25, -0.2) is 0 Å². The van der Waals surface area contributed by atoms with Crippen molar-refractivity contribution >= 4 is 23.1 Å². The fourth-order valence-electron chi connectivity index (χ4n) is 1.98. The highest BCUT2D eigenvalue weighted by atomic mass is 32.2. The first-order valence-electron chi connectivity index (χ1n) is 6.48. The SMILES string of the molecule is Cc1ccc(N)cc1SCCCc1cccc(N)c1. The third-order valence-electron chi connectivity index (χ3n) is 3.03. The Hall–Kier alpha value is -1.61. The number of hydrogen-bond acceptors (Lipinski definition) is 3. The zero-order chi connectivity index (χ0) is 13.7. The predicted octanol–water partition coefficient (Wildman–Crippen LogP) is 3.88. The van der Waals surface area contributed by atoms with E-state index in [0.29, 0.717) is 0 Å². The van der Waals surface area contributed by atoms with Crippen LogP contribution in [-0.2, 0) is 6.42 Å². The Kier molecular flexibility index (Phi) is 4.74. The summed E-state index contributed by atoms with van der Waals surface area (Å²) in [5, 5.41) is 0. The molecule has 19 heavy (non-hydrogen) atoms. The quantitative estimate of drug-likeness (QED) is 0.493. The maximum absolute atomic E-state index is 5.81. The first-order chi connectivity index (χ1) is 9.15. The Bertz CT molecular complexity index is 552. The van der Waals surface area contributed by atoms with Gasteiger partial charge in [0, 0.05) is 16.3 Å². The molecule has 0 atom stereocenters. The molecule has 0 fully saturated rings. The van der Waals surface area contributed by atoms with E-state index in [1.807, 2.05) is 30.0 Å². The molecule has 4 N–H and O–H groups in total. The summed E-state index contributed by atoms with van der Waals surface area (Å²) < 4.78 is 0. The van der Waals surface area contributed by atoms with Gasteiger partial charge in [0.2, 0.25) is 0 Å². The minimum atomic E-state index is 0.837. The highest BCUT2D eigenvalue weighted by Crippen LogP contribution is 2.25. The molecule has 0 aliphatic heterocycles. The third-order valence-corrected chi connectivity index (χ3v) is 4.27. The van der Waals surface area contributed by atoms with Crippen molar-refractivity contribution in [3.63, 3.8) is 0 Å². The van der Waals surface area contributed by atoms with Crippen LogP contribution in [0.5, 0.6) is 0 Å². The topological polar surface area (TPSA) is 52.0 Å². The molecule has 2 aromatic rings. The average molecular weight is 272 g/mol. The van der Waals surface area contributed by atoms with Crippen LogP contribution in [0.3, 0.4) is 0 Å². The number of thioether (sulfide) groups is 1. The van der Waals surface area contributed by atoms with Crippen molar-refractivity contribution in [1.82, 2.24) is 0 Å². The molecule has 100 valence electrons. The lowest BCUT2D eigenvalue weighted by Crippen LogP contribution is -1.92. The van der Waals surface area contributed by atoms with Crippen LogP contribution in [0.25, 0.3) is 0 Å². The van der Waals surface area contributed by atoms with Crippen molar-refractivity contribution in [2.75, 3.05) is 17.2 Å². The second kappa shape index (κ2) is 6.53. The highest BCUT2D eigenvalue weighted by molar-refractivity contribution is 7.99. The minimum Gasteiger partial charge on any atom is -0.399 e. The average Bonchev–Trinajstić information content (AvgIpc) is 2.39. The second-order valence-electron chi connectivity index (χ2n) is 4.72. The fourth-order valence-corrected chi connectivity index (χ4v) is 3.00. The lowest BCUT2D eigenvalue weighted by atomic mass is 10.1. The van der Waals surface area contributed by atoms with Crippen molar-refractivity contribution < 1.29 is 0 Å². The Morgan fingerprint density at radius 2 is 1.79 bits per heavy atom. The fraction of sp³-hybridized carbons (Fsp3) is 0.250. The summed E-state index contributed by atoms with van der Waals surface area (Å²) in [4.78, 5) is 1.28. The van der Waals surface area contributed by atoms with Crippen LogP contribution in [0.15, 0.2) is 47.4 Å². The molecule has 3 heteroatoms. The third kappa shape index (κ3) is 4.21. The summed E-state index contributed by atoms with van der Waals surface area (Å²) in [6, 6.07) is 14.2. The van der Waals surface area contributed by atoms with Gasteiger partial charge in [-0.2, -0.15) is 0 Å². The molecule has 2 aromatic carbocycles. The minimum absolute atomic E-state index is 0.837. The number of anilines is 2.